The Morgan fingerprint density at radius 2 is 1.81 bits per heavy atom. The van der Waals surface area contributed by atoms with E-state index in [9.17, 15) is 14.0 Å². The summed E-state index contributed by atoms with van der Waals surface area (Å²) in [6.07, 6.45) is 1.71. The first-order valence-corrected chi connectivity index (χ1v) is 11.9. The van der Waals surface area contributed by atoms with Crippen molar-refractivity contribution >= 4 is 28.5 Å². The third kappa shape index (κ3) is 7.13. The number of benzene rings is 2. The number of aromatic nitrogens is 2. The minimum atomic E-state index is -0.720. The fraction of sp³-hybridized carbons (Fsp3) is 0.407. The summed E-state index contributed by atoms with van der Waals surface area (Å²) in [5.41, 5.74) is 0.0880. The maximum Gasteiger partial charge on any atom is 0.352 e. The van der Waals surface area contributed by atoms with Crippen molar-refractivity contribution in [2.75, 3.05) is 0 Å². The van der Waals surface area contributed by atoms with Gasteiger partial charge in [0.05, 0.1) is 17.3 Å². The minimum Gasteiger partial charge on any atom is -0.457 e. The molecule has 0 spiro atoms. The van der Waals surface area contributed by atoms with Crippen LogP contribution in [0.5, 0.6) is 11.5 Å². The van der Waals surface area contributed by atoms with E-state index >= 15 is 0 Å². The number of nitrogens with one attached hydrogen (secondary N) is 2. The van der Waals surface area contributed by atoms with Crippen molar-refractivity contribution < 1.29 is 23.5 Å². The summed E-state index contributed by atoms with van der Waals surface area (Å²) >= 11 is 0. The Morgan fingerprint density at radius 3 is 2.42 bits per heavy atom. The molecule has 0 saturated carbocycles. The SMILES string of the molecule is CC(C)Cn1ncc2cc(Oc3ccc(F)cc3)c(C(=O)NC(C)CC(=N)C(=O)OC(C)(C)C)cc21. The smallest absolute Gasteiger partial charge is 0.352 e. The van der Waals surface area contributed by atoms with Crippen molar-refractivity contribution in [3.63, 3.8) is 0 Å². The molecule has 0 bridgehead atoms. The first-order valence-electron chi connectivity index (χ1n) is 11.9. The van der Waals surface area contributed by atoms with Gasteiger partial charge in [0.1, 0.15) is 28.6 Å². The highest BCUT2D eigenvalue weighted by Crippen LogP contribution is 2.31. The first kappa shape index (κ1) is 26.8. The number of rotatable bonds is 9. The molecule has 1 unspecified atom stereocenters. The summed E-state index contributed by atoms with van der Waals surface area (Å²) in [5.74, 6) is -0.547. The van der Waals surface area contributed by atoms with Gasteiger partial charge in [-0.05, 0) is 70.0 Å². The predicted molar refractivity (Wildman–Crippen MR) is 136 cm³/mol. The molecule has 36 heavy (non-hydrogen) atoms. The number of esters is 1. The van der Waals surface area contributed by atoms with Crippen molar-refractivity contribution in [1.82, 2.24) is 15.1 Å². The van der Waals surface area contributed by atoms with Crippen LogP contribution in [0.2, 0.25) is 0 Å². The molecule has 1 aromatic heterocycles. The normalized spacial score (nSPS) is 12.4. The molecule has 3 rings (SSSR count). The van der Waals surface area contributed by atoms with Crippen LogP contribution in [-0.2, 0) is 16.1 Å². The van der Waals surface area contributed by atoms with Gasteiger partial charge >= 0.3 is 5.97 Å². The number of nitrogens with zero attached hydrogens (tertiary/aromatic N) is 2. The van der Waals surface area contributed by atoms with Crippen molar-refractivity contribution in [2.24, 2.45) is 5.92 Å². The quantitative estimate of drug-likeness (QED) is 0.301. The minimum absolute atomic E-state index is 0.00231. The number of amides is 1. The van der Waals surface area contributed by atoms with E-state index in [2.05, 4.69) is 24.3 Å². The van der Waals surface area contributed by atoms with E-state index in [1.807, 2.05) is 4.68 Å². The van der Waals surface area contributed by atoms with Crippen LogP contribution in [0, 0.1) is 17.1 Å². The third-order valence-electron chi connectivity index (χ3n) is 5.10. The highest BCUT2D eigenvalue weighted by atomic mass is 19.1. The van der Waals surface area contributed by atoms with E-state index in [-0.39, 0.29) is 23.4 Å². The lowest BCUT2D eigenvalue weighted by molar-refractivity contribution is -0.146. The van der Waals surface area contributed by atoms with Gasteiger partial charge < -0.3 is 14.8 Å². The molecule has 0 fully saturated rings. The second-order valence-electron chi connectivity index (χ2n) is 10.2. The average Bonchev–Trinajstić information content (AvgIpc) is 3.14. The van der Waals surface area contributed by atoms with Crippen molar-refractivity contribution in [3.8, 4) is 11.5 Å². The van der Waals surface area contributed by atoms with Crippen LogP contribution in [0.25, 0.3) is 10.9 Å². The molecule has 192 valence electrons. The molecule has 0 radical (unpaired) electrons. The lowest BCUT2D eigenvalue weighted by Crippen LogP contribution is -2.37. The van der Waals surface area contributed by atoms with Gasteiger partial charge in [0.2, 0.25) is 0 Å². The van der Waals surface area contributed by atoms with Crippen LogP contribution in [0.3, 0.4) is 0 Å². The number of carbonyl (C=O) groups excluding carboxylic acids is 2. The summed E-state index contributed by atoms with van der Waals surface area (Å²) < 4.78 is 26.4. The van der Waals surface area contributed by atoms with Crippen LogP contribution in [0.4, 0.5) is 4.39 Å². The molecule has 3 aromatic rings. The number of hydrogen-bond acceptors (Lipinski definition) is 6. The van der Waals surface area contributed by atoms with Gasteiger partial charge in [-0.1, -0.05) is 13.8 Å². The first-order chi connectivity index (χ1) is 16.8. The zero-order chi connectivity index (χ0) is 26.6. The predicted octanol–water partition coefficient (Wildman–Crippen LogP) is 5.49. The van der Waals surface area contributed by atoms with Crippen molar-refractivity contribution in [3.05, 3.63) is 54.0 Å². The standard InChI is InChI=1S/C27H33FN4O4/c1-16(2)15-32-23-13-21(25(33)31-17(3)11-22(29)26(34)36-27(4,5)6)24(12-18(23)14-30-32)35-20-9-7-19(28)8-10-20/h7-10,12-14,16-17,29H,11,15H2,1-6H3,(H,31,33). The van der Waals surface area contributed by atoms with E-state index in [0.29, 0.717) is 18.2 Å². The Labute approximate surface area is 210 Å². The Hall–Kier alpha value is -3.75. The second-order valence-corrected chi connectivity index (χ2v) is 10.2. The van der Waals surface area contributed by atoms with Gasteiger partial charge in [-0.15, -0.1) is 0 Å². The monoisotopic (exact) mass is 496 g/mol. The average molecular weight is 497 g/mol. The van der Waals surface area contributed by atoms with Crippen LogP contribution >= 0.6 is 0 Å². The Kier molecular flexibility index (Phi) is 8.12. The second kappa shape index (κ2) is 10.9. The van der Waals surface area contributed by atoms with E-state index in [1.165, 1.54) is 24.3 Å². The number of carbonyl (C=O) groups is 2. The summed E-state index contributed by atoms with van der Waals surface area (Å²) in [4.78, 5) is 25.5. The van der Waals surface area contributed by atoms with Gasteiger partial charge in [0, 0.05) is 24.4 Å². The lowest BCUT2D eigenvalue weighted by atomic mass is 10.1. The molecule has 0 aliphatic heterocycles. The summed E-state index contributed by atoms with van der Waals surface area (Å²) in [7, 11) is 0. The molecule has 2 N–H and O–H groups in total. The lowest BCUT2D eigenvalue weighted by Gasteiger charge is -2.21. The maximum absolute atomic E-state index is 13.4. The molecule has 1 heterocycles. The maximum atomic E-state index is 13.4. The number of fused-ring (bicyclic) bond motifs is 1. The zero-order valence-electron chi connectivity index (χ0n) is 21.5. The largest absolute Gasteiger partial charge is 0.457 e. The number of hydrogen-bond donors (Lipinski definition) is 2. The van der Waals surface area contributed by atoms with E-state index in [4.69, 9.17) is 14.9 Å². The Bertz CT molecular complexity index is 1260. The van der Waals surface area contributed by atoms with Crippen LogP contribution in [0.1, 0.15) is 58.3 Å². The topological polar surface area (TPSA) is 106 Å². The zero-order valence-corrected chi connectivity index (χ0v) is 21.5. The van der Waals surface area contributed by atoms with Crippen molar-refractivity contribution in [1.29, 1.82) is 5.41 Å². The number of halogens is 1. The van der Waals surface area contributed by atoms with Crippen LogP contribution < -0.4 is 10.1 Å². The Balaban J connectivity index is 1.87. The highest BCUT2D eigenvalue weighted by molar-refractivity contribution is 6.35. The van der Waals surface area contributed by atoms with Crippen LogP contribution in [-0.4, -0.2) is 39.0 Å². The molecule has 8 nitrogen and oxygen atoms in total. The summed E-state index contributed by atoms with van der Waals surface area (Å²) in [6.45, 7) is 11.7. The van der Waals surface area contributed by atoms with Gasteiger partial charge in [-0.25, -0.2) is 9.18 Å². The molecule has 0 saturated heterocycles. The number of ether oxygens (including phenoxy) is 2. The molecule has 9 heteroatoms. The van der Waals surface area contributed by atoms with E-state index < -0.39 is 29.3 Å². The van der Waals surface area contributed by atoms with E-state index in [0.717, 1.165) is 10.9 Å². The molecule has 2 aromatic carbocycles. The third-order valence-corrected chi connectivity index (χ3v) is 5.10. The van der Waals surface area contributed by atoms with Gasteiger partial charge in [-0.2, -0.15) is 5.10 Å². The van der Waals surface area contributed by atoms with Gasteiger partial charge in [0.15, 0.2) is 0 Å². The fourth-order valence-electron chi connectivity index (χ4n) is 3.57. The van der Waals surface area contributed by atoms with Crippen LogP contribution in [0.15, 0.2) is 42.6 Å². The molecule has 1 amide bonds. The molecule has 1 atom stereocenters. The molecule has 0 aliphatic carbocycles. The van der Waals surface area contributed by atoms with E-state index in [1.54, 1.807) is 46.0 Å². The highest BCUT2D eigenvalue weighted by Gasteiger charge is 2.24. The molecular weight excluding hydrogens is 463 g/mol. The van der Waals surface area contributed by atoms with Gasteiger partial charge in [-0.3, -0.25) is 14.9 Å². The molecular formula is C27H33FN4O4. The molecule has 0 aliphatic rings. The fourth-order valence-corrected chi connectivity index (χ4v) is 3.57. The summed E-state index contributed by atoms with van der Waals surface area (Å²) in [5, 5.41) is 16.1. The van der Waals surface area contributed by atoms with Gasteiger partial charge in [0.25, 0.3) is 5.91 Å². The Morgan fingerprint density at radius 1 is 1.14 bits per heavy atom. The summed E-state index contributed by atoms with van der Waals surface area (Å²) in [6, 6.07) is 8.43. The van der Waals surface area contributed by atoms with Crippen molar-refractivity contribution in [2.45, 2.75) is 66.2 Å².